The molecular weight excluding hydrogens is 326 g/mol. The Kier molecular flexibility index (Phi) is 7.50. The van der Waals surface area contributed by atoms with Crippen molar-refractivity contribution in [2.45, 2.75) is 39.2 Å². The number of rotatable bonds is 7. The summed E-state index contributed by atoms with van der Waals surface area (Å²) in [5.74, 6) is -1.50. The maximum atomic E-state index is 12.0. The van der Waals surface area contributed by atoms with Crippen LogP contribution in [0.1, 0.15) is 33.1 Å². The molecule has 0 aliphatic carbocycles. The van der Waals surface area contributed by atoms with Crippen molar-refractivity contribution in [1.29, 1.82) is 0 Å². The molecule has 0 aromatic carbocycles. The molecule has 23 heavy (non-hydrogen) atoms. The lowest BCUT2D eigenvalue weighted by atomic mass is 9.99. The fourth-order valence-electron chi connectivity index (χ4n) is 2.18. The second kappa shape index (κ2) is 8.88. The Morgan fingerprint density at radius 1 is 1.17 bits per heavy atom. The van der Waals surface area contributed by atoms with E-state index < -0.39 is 22.1 Å². The molecule has 1 fully saturated rings. The van der Waals surface area contributed by atoms with Crippen molar-refractivity contribution in [3.8, 4) is 0 Å². The van der Waals surface area contributed by atoms with E-state index >= 15 is 0 Å². The summed E-state index contributed by atoms with van der Waals surface area (Å²) in [5.41, 5.74) is 0.230. The van der Waals surface area contributed by atoms with Crippen molar-refractivity contribution in [3.05, 3.63) is 11.3 Å². The molecule has 1 rings (SSSR count). The normalized spacial score (nSPS) is 18.0. The number of carbonyl (C=O) groups excluding carboxylic acids is 2. The average Bonchev–Trinajstić information content (AvgIpc) is 2.46. The van der Waals surface area contributed by atoms with Gasteiger partial charge in [-0.15, -0.1) is 0 Å². The molecule has 9 heteroatoms. The van der Waals surface area contributed by atoms with E-state index in [2.05, 4.69) is 5.32 Å². The Balaban J connectivity index is 2.94. The average molecular weight is 349 g/mol. The second-order valence-corrected chi connectivity index (χ2v) is 6.66. The van der Waals surface area contributed by atoms with Crippen LogP contribution in [-0.4, -0.2) is 52.5 Å². The minimum Gasteiger partial charge on any atom is -0.462 e. The molecule has 1 heterocycles. The first kappa shape index (κ1) is 19.4. The number of nitrogens with one attached hydrogen (secondary N) is 1. The Bertz CT molecular complexity index is 548. The van der Waals surface area contributed by atoms with Gasteiger partial charge >= 0.3 is 11.9 Å². The Labute approximate surface area is 136 Å². The van der Waals surface area contributed by atoms with Crippen molar-refractivity contribution >= 4 is 22.1 Å². The van der Waals surface area contributed by atoms with Crippen LogP contribution in [0.3, 0.4) is 0 Å². The van der Waals surface area contributed by atoms with Gasteiger partial charge in [0.15, 0.2) is 5.57 Å². The minimum atomic E-state index is -3.55. The van der Waals surface area contributed by atoms with Crippen molar-refractivity contribution in [2.24, 2.45) is 0 Å². The van der Waals surface area contributed by atoms with Gasteiger partial charge in [-0.3, -0.25) is 4.18 Å². The van der Waals surface area contributed by atoms with Gasteiger partial charge < -0.3 is 14.8 Å². The largest absolute Gasteiger partial charge is 0.462 e. The Hall–Kier alpha value is -1.61. The Morgan fingerprint density at radius 3 is 2.22 bits per heavy atom. The highest BCUT2D eigenvalue weighted by molar-refractivity contribution is 7.85. The van der Waals surface area contributed by atoms with Gasteiger partial charge in [-0.1, -0.05) is 0 Å². The molecule has 0 aromatic heterocycles. The zero-order valence-corrected chi connectivity index (χ0v) is 14.4. The summed E-state index contributed by atoms with van der Waals surface area (Å²) in [6, 6.07) is -0.313. The lowest BCUT2D eigenvalue weighted by Gasteiger charge is -2.27. The van der Waals surface area contributed by atoms with Gasteiger partial charge in [-0.05, 0) is 33.1 Å². The first-order valence-corrected chi connectivity index (χ1v) is 9.28. The van der Waals surface area contributed by atoms with E-state index in [1.807, 2.05) is 0 Å². The summed E-state index contributed by atoms with van der Waals surface area (Å²) in [4.78, 5) is 24.1. The number of hydrogen-bond donors (Lipinski definition) is 1. The van der Waals surface area contributed by atoms with Crippen molar-refractivity contribution < 1.29 is 31.7 Å². The topological polar surface area (TPSA) is 108 Å². The van der Waals surface area contributed by atoms with Crippen LogP contribution in [0.25, 0.3) is 0 Å². The zero-order chi connectivity index (χ0) is 17.5. The number of ether oxygens (including phenoxy) is 2. The molecule has 132 valence electrons. The fraction of sp³-hybridized carbons (Fsp3) is 0.714. The van der Waals surface area contributed by atoms with E-state index in [0.29, 0.717) is 25.0 Å². The number of hydrogen-bond acceptors (Lipinski definition) is 8. The minimum absolute atomic E-state index is 0.0682. The van der Waals surface area contributed by atoms with Gasteiger partial charge in [0, 0.05) is 5.70 Å². The van der Waals surface area contributed by atoms with E-state index in [1.165, 1.54) is 0 Å². The maximum Gasteiger partial charge on any atom is 0.347 e. The molecule has 1 aliphatic rings. The smallest absolute Gasteiger partial charge is 0.347 e. The molecule has 1 N–H and O–H groups in total. The first-order chi connectivity index (χ1) is 10.8. The molecule has 0 bridgehead atoms. The van der Waals surface area contributed by atoms with E-state index in [-0.39, 0.29) is 31.4 Å². The van der Waals surface area contributed by atoms with Gasteiger partial charge in [-0.2, -0.15) is 8.42 Å². The highest BCUT2D eigenvalue weighted by Gasteiger charge is 2.29. The lowest BCUT2D eigenvalue weighted by Crippen LogP contribution is -2.39. The third kappa shape index (κ3) is 6.57. The molecule has 1 aliphatic heterocycles. The van der Waals surface area contributed by atoms with Crippen LogP contribution in [0.15, 0.2) is 11.3 Å². The standard InChI is InChI=1S/C14H23NO7S/c1-4-20-13(16)12(14(17)21-5-2)11-8-6-7-10(15-11)9-22-23(3,18)19/h10,15H,4-9H2,1-3H3. The molecule has 1 saturated heterocycles. The first-order valence-electron chi connectivity index (χ1n) is 7.46. The number of esters is 2. The van der Waals surface area contributed by atoms with E-state index in [1.54, 1.807) is 13.8 Å². The van der Waals surface area contributed by atoms with E-state index in [4.69, 9.17) is 13.7 Å². The SMILES string of the molecule is CCOC(=O)C(C(=O)OCC)=C1CCCC(COS(C)(=O)=O)N1. The van der Waals surface area contributed by atoms with Gasteiger partial charge in [0.1, 0.15) is 0 Å². The van der Waals surface area contributed by atoms with Crippen molar-refractivity contribution in [1.82, 2.24) is 5.32 Å². The number of piperidine rings is 1. The van der Waals surface area contributed by atoms with Crippen LogP contribution < -0.4 is 5.32 Å². The van der Waals surface area contributed by atoms with Crippen LogP contribution in [-0.2, 0) is 33.4 Å². The monoisotopic (exact) mass is 349 g/mol. The fourth-order valence-corrected chi connectivity index (χ4v) is 2.59. The van der Waals surface area contributed by atoms with Crippen molar-refractivity contribution in [3.63, 3.8) is 0 Å². The molecule has 1 atom stereocenters. The van der Waals surface area contributed by atoms with Crippen LogP contribution in [0, 0.1) is 0 Å². The van der Waals surface area contributed by atoms with Gasteiger partial charge in [0.2, 0.25) is 0 Å². The lowest BCUT2D eigenvalue weighted by molar-refractivity contribution is -0.146. The predicted octanol–water partition coefficient (Wildman–Crippen LogP) is 0.485. The zero-order valence-electron chi connectivity index (χ0n) is 13.6. The summed E-state index contributed by atoms with van der Waals surface area (Å²) in [5, 5.41) is 2.99. The summed E-state index contributed by atoms with van der Waals surface area (Å²) in [6.45, 7) is 3.48. The third-order valence-corrected chi connectivity index (χ3v) is 3.67. The maximum absolute atomic E-state index is 12.0. The molecule has 0 radical (unpaired) electrons. The van der Waals surface area contributed by atoms with Gasteiger partial charge in [-0.25, -0.2) is 9.59 Å². The van der Waals surface area contributed by atoms with Crippen molar-refractivity contribution in [2.75, 3.05) is 26.1 Å². The molecule has 8 nitrogen and oxygen atoms in total. The molecule has 0 amide bonds. The third-order valence-electron chi connectivity index (χ3n) is 3.10. The summed E-state index contributed by atoms with van der Waals surface area (Å²) in [7, 11) is -3.55. The summed E-state index contributed by atoms with van der Waals surface area (Å²) >= 11 is 0. The van der Waals surface area contributed by atoms with E-state index in [9.17, 15) is 18.0 Å². The summed E-state index contributed by atoms with van der Waals surface area (Å²) < 4.78 is 36.7. The quantitative estimate of drug-likeness (QED) is 0.232. The molecule has 1 unspecified atom stereocenters. The van der Waals surface area contributed by atoms with Crippen LogP contribution in [0.5, 0.6) is 0 Å². The molecule has 0 saturated carbocycles. The summed E-state index contributed by atoms with van der Waals surface area (Å²) in [6.07, 6.45) is 2.79. The number of carbonyl (C=O) groups is 2. The highest BCUT2D eigenvalue weighted by Crippen LogP contribution is 2.21. The predicted molar refractivity (Wildman–Crippen MR) is 81.9 cm³/mol. The molecular formula is C14H23NO7S. The number of allylic oxidation sites excluding steroid dienone is 1. The van der Waals surface area contributed by atoms with Crippen LogP contribution in [0.4, 0.5) is 0 Å². The second-order valence-electron chi connectivity index (χ2n) is 5.02. The van der Waals surface area contributed by atoms with Crippen LogP contribution >= 0.6 is 0 Å². The highest BCUT2D eigenvalue weighted by atomic mass is 32.2. The van der Waals surface area contributed by atoms with Crippen LogP contribution in [0.2, 0.25) is 0 Å². The van der Waals surface area contributed by atoms with E-state index in [0.717, 1.165) is 6.26 Å². The molecule has 0 spiro atoms. The van der Waals surface area contributed by atoms with Gasteiger partial charge in [0.05, 0.1) is 32.1 Å². The molecule has 0 aromatic rings. The van der Waals surface area contributed by atoms with Gasteiger partial charge in [0.25, 0.3) is 10.1 Å². The Morgan fingerprint density at radius 2 is 1.74 bits per heavy atom.